The Kier molecular flexibility index (Phi) is 2.87. The third-order valence-electron chi connectivity index (χ3n) is 2.45. The Balaban J connectivity index is 2.56. The van der Waals surface area contributed by atoms with E-state index in [1.165, 1.54) is 0 Å². The molecule has 1 saturated heterocycles. The smallest absolute Gasteiger partial charge is 0.0763 e. The minimum atomic E-state index is -0.299. The standard InChI is InChI=1S/C8H17NO2/c1-6(10)8-7(11-3)4-5-9(8)2/h6-8,10H,4-5H2,1-3H3. The summed E-state index contributed by atoms with van der Waals surface area (Å²) >= 11 is 0. The molecule has 3 heteroatoms. The second-order valence-corrected chi connectivity index (χ2v) is 3.27. The van der Waals surface area contributed by atoms with E-state index in [4.69, 9.17) is 4.74 Å². The summed E-state index contributed by atoms with van der Waals surface area (Å²) < 4.78 is 5.25. The van der Waals surface area contributed by atoms with Gasteiger partial charge in [0.2, 0.25) is 0 Å². The van der Waals surface area contributed by atoms with Gasteiger partial charge in [0.1, 0.15) is 0 Å². The Labute approximate surface area is 68.0 Å². The molecule has 0 amide bonds. The fourth-order valence-electron chi connectivity index (χ4n) is 1.87. The fourth-order valence-corrected chi connectivity index (χ4v) is 1.87. The van der Waals surface area contributed by atoms with Crippen LogP contribution in [0.3, 0.4) is 0 Å². The zero-order chi connectivity index (χ0) is 8.43. The van der Waals surface area contributed by atoms with Gasteiger partial charge in [-0.25, -0.2) is 0 Å². The number of hydrogen-bond donors (Lipinski definition) is 1. The molecule has 0 saturated carbocycles. The molecule has 3 nitrogen and oxygen atoms in total. The Morgan fingerprint density at radius 2 is 2.27 bits per heavy atom. The number of hydrogen-bond acceptors (Lipinski definition) is 3. The van der Waals surface area contributed by atoms with Crippen LogP contribution in [0.2, 0.25) is 0 Å². The molecular formula is C8H17NO2. The molecule has 1 aliphatic heterocycles. The third-order valence-corrected chi connectivity index (χ3v) is 2.45. The number of nitrogens with zero attached hydrogens (tertiary/aromatic N) is 1. The van der Waals surface area contributed by atoms with Gasteiger partial charge in [0.05, 0.1) is 18.2 Å². The summed E-state index contributed by atoms with van der Waals surface area (Å²) in [7, 11) is 3.73. The normalized spacial score (nSPS) is 36.0. The summed E-state index contributed by atoms with van der Waals surface area (Å²) in [6.45, 7) is 2.84. The molecule has 1 aliphatic rings. The number of ether oxygens (including phenoxy) is 1. The maximum atomic E-state index is 9.40. The number of rotatable bonds is 2. The molecule has 3 unspecified atom stereocenters. The van der Waals surface area contributed by atoms with Crippen LogP contribution in [0.15, 0.2) is 0 Å². The van der Waals surface area contributed by atoms with Crippen LogP contribution in [0, 0.1) is 0 Å². The second-order valence-electron chi connectivity index (χ2n) is 3.27. The lowest BCUT2D eigenvalue weighted by molar-refractivity contribution is 0.00922. The lowest BCUT2D eigenvalue weighted by Gasteiger charge is -2.26. The van der Waals surface area contributed by atoms with Crippen molar-refractivity contribution in [3.05, 3.63) is 0 Å². The fraction of sp³-hybridized carbons (Fsp3) is 1.00. The molecule has 0 aromatic carbocycles. The van der Waals surface area contributed by atoms with Crippen molar-refractivity contribution in [3.8, 4) is 0 Å². The van der Waals surface area contributed by atoms with Crippen molar-refractivity contribution < 1.29 is 9.84 Å². The molecule has 0 aromatic heterocycles. The van der Waals surface area contributed by atoms with Crippen molar-refractivity contribution in [1.29, 1.82) is 0 Å². The van der Waals surface area contributed by atoms with E-state index < -0.39 is 0 Å². The second kappa shape index (κ2) is 3.52. The van der Waals surface area contributed by atoms with Crippen LogP contribution in [-0.2, 0) is 4.74 Å². The van der Waals surface area contributed by atoms with E-state index in [-0.39, 0.29) is 18.2 Å². The van der Waals surface area contributed by atoms with Crippen LogP contribution in [0.4, 0.5) is 0 Å². The van der Waals surface area contributed by atoms with E-state index in [1.807, 2.05) is 14.0 Å². The lowest BCUT2D eigenvalue weighted by atomic mass is 10.1. The SMILES string of the molecule is COC1CCN(C)C1C(C)O. The van der Waals surface area contributed by atoms with Gasteiger partial charge in [-0.1, -0.05) is 0 Å². The lowest BCUT2D eigenvalue weighted by Crippen LogP contribution is -2.41. The summed E-state index contributed by atoms with van der Waals surface area (Å²) in [5.41, 5.74) is 0. The van der Waals surface area contributed by atoms with Gasteiger partial charge in [-0.15, -0.1) is 0 Å². The maximum absolute atomic E-state index is 9.40. The molecule has 66 valence electrons. The molecule has 1 heterocycles. The number of aliphatic hydroxyl groups is 1. The monoisotopic (exact) mass is 159 g/mol. The molecule has 0 bridgehead atoms. The number of methoxy groups -OCH3 is 1. The maximum Gasteiger partial charge on any atom is 0.0763 e. The van der Waals surface area contributed by atoms with Crippen LogP contribution in [0.25, 0.3) is 0 Å². The summed E-state index contributed by atoms with van der Waals surface area (Å²) in [6.07, 6.45) is 0.940. The average molecular weight is 159 g/mol. The quantitative estimate of drug-likeness (QED) is 0.619. The molecule has 11 heavy (non-hydrogen) atoms. The van der Waals surface area contributed by atoms with Gasteiger partial charge in [-0.3, -0.25) is 4.90 Å². The van der Waals surface area contributed by atoms with Crippen molar-refractivity contribution in [2.45, 2.75) is 31.6 Å². The topological polar surface area (TPSA) is 32.7 Å². The molecule has 0 aromatic rings. The van der Waals surface area contributed by atoms with Gasteiger partial charge < -0.3 is 9.84 Å². The van der Waals surface area contributed by atoms with E-state index in [9.17, 15) is 5.11 Å². The van der Waals surface area contributed by atoms with Gasteiger partial charge >= 0.3 is 0 Å². The Hall–Kier alpha value is -0.120. The van der Waals surface area contributed by atoms with Crippen molar-refractivity contribution in [1.82, 2.24) is 4.90 Å². The Morgan fingerprint density at radius 1 is 1.64 bits per heavy atom. The first-order chi connectivity index (χ1) is 5.16. The van der Waals surface area contributed by atoms with Crippen LogP contribution in [0.5, 0.6) is 0 Å². The summed E-state index contributed by atoms with van der Waals surface area (Å²) in [6, 6.07) is 0.181. The van der Waals surface area contributed by atoms with Crippen LogP contribution >= 0.6 is 0 Å². The average Bonchev–Trinajstić information content (AvgIpc) is 2.30. The molecule has 1 fully saturated rings. The van der Waals surface area contributed by atoms with E-state index in [1.54, 1.807) is 7.11 Å². The molecule has 1 N–H and O–H groups in total. The minimum Gasteiger partial charge on any atom is -0.392 e. The zero-order valence-electron chi connectivity index (χ0n) is 7.45. The van der Waals surface area contributed by atoms with Crippen molar-refractivity contribution in [2.75, 3.05) is 20.7 Å². The highest BCUT2D eigenvalue weighted by atomic mass is 16.5. The van der Waals surface area contributed by atoms with Crippen molar-refractivity contribution in [2.24, 2.45) is 0 Å². The van der Waals surface area contributed by atoms with Gasteiger partial charge in [0, 0.05) is 13.7 Å². The first kappa shape index (κ1) is 8.97. The van der Waals surface area contributed by atoms with Crippen LogP contribution < -0.4 is 0 Å². The molecule has 0 spiro atoms. The van der Waals surface area contributed by atoms with Gasteiger partial charge in [-0.05, 0) is 20.4 Å². The van der Waals surface area contributed by atoms with Gasteiger partial charge in [-0.2, -0.15) is 0 Å². The Bertz CT molecular complexity index is 127. The first-order valence-electron chi connectivity index (χ1n) is 4.08. The zero-order valence-corrected chi connectivity index (χ0v) is 7.45. The highest BCUT2D eigenvalue weighted by Crippen LogP contribution is 2.20. The van der Waals surface area contributed by atoms with Crippen molar-refractivity contribution in [3.63, 3.8) is 0 Å². The van der Waals surface area contributed by atoms with Crippen LogP contribution in [0.1, 0.15) is 13.3 Å². The summed E-state index contributed by atoms with van der Waals surface area (Å²) in [5, 5.41) is 9.40. The molecule has 3 atom stereocenters. The Morgan fingerprint density at radius 3 is 2.64 bits per heavy atom. The predicted octanol–water partition coefficient (Wildman–Crippen LogP) is 0.0863. The van der Waals surface area contributed by atoms with Crippen molar-refractivity contribution >= 4 is 0 Å². The summed E-state index contributed by atoms with van der Waals surface area (Å²) in [4.78, 5) is 2.15. The largest absolute Gasteiger partial charge is 0.392 e. The molecular weight excluding hydrogens is 142 g/mol. The van der Waals surface area contributed by atoms with Gasteiger partial charge in [0.15, 0.2) is 0 Å². The van der Waals surface area contributed by atoms with E-state index in [2.05, 4.69) is 4.90 Å². The van der Waals surface area contributed by atoms with E-state index >= 15 is 0 Å². The minimum absolute atomic E-state index is 0.181. The predicted molar refractivity (Wildman–Crippen MR) is 43.5 cm³/mol. The number of aliphatic hydroxyl groups excluding tert-OH is 1. The first-order valence-corrected chi connectivity index (χ1v) is 4.08. The number of likely N-dealkylation sites (N-methyl/N-ethyl adjacent to an activating group) is 1. The summed E-state index contributed by atoms with van der Waals surface area (Å²) in [5.74, 6) is 0. The highest BCUT2D eigenvalue weighted by Gasteiger charge is 2.34. The number of likely N-dealkylation sites (tertiary alicyclic amines) is 1. The van der Waals surface area contributed by atoms with Crippen LogP contribution in [-0.4, -0.2) is 49.0 Å². The molecule has 0 aliphatic carbocycles. The third kappa shape index (κ3) is 1.72. The van der Waals surface area contributed by atoms with Gasteiger partial charge in [0.25, 0.3) is 0 Å². The molecule has 0 radical (unpaired) electrons. The van der Waals surface area contributed by atoms with E-state index in [0.29, 0.717) is 0 Å². The molecule has 1 rings (SSSR count). The van der Waals surface area contributed by atoms with E-state index in [0.717, 1.165) is 13.0 Å². The highest BCUT2D eigenvalue weighted by molar-refractivity contribution is 4.89.